The number of hydrazone groups is 1. The maximum Gasteiger partial charge on any atom is 0.343 e. The Morgan fingerprint density at radius 2 is 1.47 bits per heavy atom. The molecule has 0 atom stereocenters. The van der Waals surface area contributed by atoms with E-state index in [1.165, 1.54) is 11.8 Å². The number of hydrogen-bond donors (Lipinski definition) is 1. The molecule has 8 heteroatoms. The fourth-order valence-electron chi connectivity index (χ4n) is 3.15. The number of amides is 1. The van der Waals surface area contributed by atoms with Gasteiger partial charge >= 0.3 is 5.97 Å². The second-order valence-corrected chi connectivity index (χ2v) is 7.57. The van der Waals surface area contributed by atoms with Crippen molar-refractivity contribution >= 4 is 18.1 Å². The van der Waals surface area contributed by atoms with Crippen molar-refractivity contribution in [2.45, 2.75) is 27.2 Å². The van der Waals surface area contributed by atoms with Crippen LogP contribution in [0.15, 0.2) is 71.8 Å². The van der Waals surface area contributed by atoms with Crippen LogP contribution in [-0.4, -0.2) is 37.9 Å². The quantitative estimate of drug-likeness (QED) is 0.170. The molecule has 0 aromatic heterocycles. The van der Waals surface area contributed by atoms with Gasteiger partial charge in [0.05, 0.1) is 25.0 Å². The van der Waals surface area contributed by atoms with E-state index < -0.39 is 11.9 Å². The van der Waals surface area contributed by atoms with Crippen molar-refractivity contribution in [3.8, 4) is 23.0 Å². The molecule has 0 aliphatic rings. The Bertz CT molecular complexity index is 1170. The number of nitrogens with one attached hydrogen (secondary N) is 1. The predicted octanol–water partition coefficient (Wildman–Crippen LogP) is 4.79. The molecule has 0 unspecified atom stereocenters. The zero-order chi connectivity index (χ0) is 25.8. The Balaban J connectivity index is 1.57. The van der Waals surface area contributed by atoms with Gasteiger partial charge in [-0.3, -0.25) is 4.79 Å². The minimum atomic E-state index is -0.517. The molecule has 1 N–H and O–H groups in total. The number of benzene rings is 3. The summed E-state index contributed by atoms with van der Waals surface area (Å²) in [6.45, 7) is 6.55. The maximum absolute atomic E-state index is 12.6. The smallest absolute Gasteiger partial charge is 0.343 e. The molecule has 3 aromatic carbocycles. The lowest BCUT2D eigenvalue weighted by atomic mass is 10.2. The molecule has 0 radical (unpaired) electrons. The van der Waals surface area contributed by atoms with Gasteiger partial charge in [-0.1, -0.05) is 19.1 Å². The van der Waals surface area contributed by atoms with Crippen molar-refractivity contribution in [1.82, 2.24) is 5.43 Å². The van der Waals surface area contributed by atoms with Gasteiger partial charge in [-0.25, -0.2) is 10.2 Å². The fraction of sp³-hybridized carbons (Fsp3) is 0.250. The van der Waals surface area contributed by atoms with E-state index in [0.29, 0.717) is 41.6 Å². The number of nitrogens with zero attached hydrogens (tertiary/aromatic N) is 1. The van der Waals surface area contributed by atoms with E-state index in [-0.39, 0.29) is 12.4 Å². The average molecular weight is 491 g/mol. The second kappa shape index (κ2) is 13.5. The fourth-order valence-corrected chi connectivity index (χ4v) is 3.15. The Morgan fingerprint density at radius 3 is 2.14 bits per heavy atom. The molecule has 3 rings (SSSR count). The summed E-state index contributed by atoms with van der Waals surface area (Å²) in [5.41, 5.74) is 4.66. The number of esters is 1. The summed E-state index contributed by atoms with van der Waals surface area (Å²) in [7, 11) is 0. The van der Waals surface area contributed by atoms with Crippen molar-refractivity contribution in [3.63, 3.8) is 0 Å². The molecule has 0 saturated carbocycles. The number of carbonyl (C=O) groups is 2. The Kier molecular flexibility index (Phi) is 9.88. The molecule has 0 saturated heterocycles. The highest BCUT2D eigenvalue weighted by atomic mass is 16.6. The highest BCUT2D eigenvalue weighted by Crippen LogP contribution is 2.29. The van der Waals surface area contributed by atoms with Crippen molar-refractivity contribution in [2.24, 2.45) is 5.10 Å². The van der Waals surface area contributed by atoms with Gasteiger partial charge in [0, 0.05) is 0 Å². The topological polar surface area (TPSA) is 95.5 Å². The van der Waals surface area contributed by atoms with Gasteiger partial charge < -0.3 is 18.9 Å². The van der Waals surface area contributed by atoms with Crippen molar-refractivity contribution in [2.75, 3.05) is 19.8 Å². The molecule has 1 amide bonds. The highest BCUT2D eigenvalue weighted by molar-refractivity contribution is 5.92. The lowest BCUT2D eigenvalue weighted by molar-refractivity contribution is -0.123. The van der Waals surface area contributed by atoms with E-state index in [2.05, 4.69) is 17.5 Å². The minimum Gasteiger partial charge on any atom is -0.494 e. The van der Waals surface area contributed by atoms with Crippen LogP contribution in [0.4, 0.5) is 0 Å². The van der Waals surface area contributed by atoms with E-state index >= 15 is 0 Å². The van der Waals surface area contributed by atoms with Crippen LogP contribution in [0.2, 0.25) is 0 Å². The van der Waals surface area contributed by atoms with Gasteiger partial charge in [-0.05, 0) is 86.0 Å². The normalized spacial score (nSPS) is 10.6. The molecule has 188 valence electrons. The maximum atomic E-state index is 12.6. The van der Waals surface area contributed by atoms with Gasteiger partial charge in [-0.15, -0.1) is 0 Å². The summed E-state index contributed by atoms with van der Waals surface area (Å²) in [6, 6.07) is 19.3. The van der Waals surface area contributed by atoms with Crippen LogP contribution in [-0.2, 0) is 11.2 Å². The first-order valence-corrected chi connectivity index (χ1v) is 11.8. The second-order valence-electron chi connectivity index (χ2n) is 7.57. The first kappa shape index (κ1) is 26.3. The summed E-state index contributed by atoms with van der Waals surface area (Å²) in [5.74, 6) is 1.04. The molecule has 8 nitrogen and oxygen atoms in total. The minimum absolute atomic E-state index is 0.159. The van der Waals surface area contributed by atoms with Crippen LogP contribution in [0.3, 0.4) is 0 Å². The molecule has 0 aliphatic carbocycles. The highest BCUT2D eigenvalue weighted by Gasteiger charge is 2.13. The molecule has 0 spiro atoms. The standard InChI is InChI=1S/C28H30N2O6/c1-4-20-7-12-24(13-8-20)35-19-27(31)30-29-18-21-9-16-25(26(17-21)34-6-3)36-28(32)22-10-14-23(15-11-22)33-5-2/h7-18H,4-6,19H2,1-3H3,(H,30,31)/b29-18+. The van der Waals surface area contributed by atoms with Crippen LogP contribution in [0.5, 0.6) is 23.0 Å². The van der Waals surface area contributed by atoms with Gasteiger partial charge in [0.1, 0.15) is 11.5 Å². The summed E-state index contributed by atoms with van der Waals surface area (Å²) >= 11 is 0. The van der Waals surface area contributed by atoms with E-state index in [9.17, 15) is 9.59 Å². The number of hydrogen-bond acceptors (Lipinski definition) is 7. The van der Waals surface area contributed by atoms with E-state index in [0.717, 1.165) is 6.42 Å². The first-order chi connectivity index (χ1) is 17.5. The zero-order valence-corrected chi connectivity index (χ0v) is 20.7. The van der Waals surface area contributed by atoms with E-state index in [1.54, 1.807) is 42.5 Å². The monoisotopic (exact) mass is 490 g/mol. The molecular weight excluding hydrogens is 460 g/mol. The summed E-state index contributed by atoms with van der Waals surface area (Å²) in [4.78, 5) is 24.6. The number of carbonyl (C=O) groups excluding carboxylic acids is 2. The van der Waals surface area contributed by atoms with E-state index in [4.69, 9.17) is 18.9 Å². The van der Waals surface area contributed by atoms with Crippen LogP contribution in [0.25, 0.3) is 0 Å². The summed E-state index contributed by atoms with van der Waals surface area (Å²) in [5, 5.41) is 3.96. The van der Waals surface area contributed by atoms with Gasteiger partial charge in [0.25, 0.3) is 5.91 Å². The lowest BCUT2D eigenvalue weighted by Gasteiger charge is -2.11. The van der Waals surface area contributed by atoms with Gasteiger partial charge in [-0.2, -0.15) is 5.10 Å². The van der Waals surface area contributed by atoms with Crippen molar-refractivity contribution < 1.29 is 28.5 Å². The number of aryl methyl sites for hydroxylation is 1. The van der Waals surface area contributed by atoms with Crippen LogP contribution in [0, 0.1) is 0 Å². The third-order valence-corrected chi connectivity index (χ3v) is 4.98. The Morgan fingerprint density at radius 1 is 0.806 bits per heavy atom. The van der Waals surface area contributed by atoms with Crippen LogP contribution in [0.1, 0.15) is 42.3 Å². The van der Waals surface area contributed by atoms with Gasteiger partial charge in [0.15, 0.2) is 18.1 Å². The third-order valence-electron chi connectivity index (χ3n) is 4.98. The molecule has 0 fully saturated rings. The van der Waals surface area contributed by atoms with E-state index in [1.807, 2.05) is 38.1 Å². The molecule has 0 heterocycles. The molecule has 3 aromatic rings. The third kappa shape index (κ3) is 7.87. The average Bonchev–Trinajstić information content (AvgIpc) is 2.90. The molecular formula is C28H30N2O6. The summed E-state index contributed by atoms with van der Waals surface area (Å²) < 4.78 is 22.0. The van der Waals surface area contributed by atoms with Crippen molar-refractivity contribution in [1.29, 1.82) is 0 Å². The largest absolute Gasteiger partial charge is 0.494 e. The number of ether oxygens (including phenoxy) is 4. The molecule has 36 heavy (non-hydrogen) atoms. The number of rotatable bonds is 12. The van der Waals surface area contributed by atoms with Crippen LogP contribution < -0.4 is 24.4 Å². The molecule has 0 aliphatic heterocycles. The Hall–Kier alpha value is -4.33. The van der Waals surface area contributed by atoms with Crippen molar-refractivity contribution in [3.05, 3.63) is 83.4 Å². The zero-order valence-electron chi connectivity index (χ0n) is 20.7. The lowest BCUT2D eigenvalue weighted by Crippen LogP contribution is -2.24. The summed E-state index contributed by atoms with van der Waals surface area (Å²) in [6.07, 6.45) is 2.40. The SMILES string of the molecule is CCOc1ccc(C(=O)Oc2ccc(/C=N/NC(=O)COc3ccc(CC)cc3)cc2OCC)cc1. The molecule has 0 bridgehead atoms. The van der Waals surface area contributed by atoms with Gasteiger partial charge in [0.2, 0.25) is 0 Å². The first-order valence-electron chi connectivity index (χ1n) is 11.8. The van der Waals surface area contributed by atoms with Crippen LogP contribution >= 0.6 is 0 Å². The predicted molar refractivity (Wildman–Crippen MR) is 137 cm³/mol. The Labute approximate surface area is 210 Å².